The van der Waals surface area contributed by atoms with Gasteiger partial charge in [0.2, 0.25) is 0 Å². The fourth-order valence-corrected chi connectivity index (χ4v) is 1.55. The Morgan fingerprint density at radius 3 is 3.00 bits per heavy atom. The molecule has 1 aromatic heterocycles. The highest BCUT2D eigenvalue weighted by Crippen LogP contribution is 2.22. The summed E-state index contributed by atoms with van der Waals surface area (Å²) in [5.74, 6) is -1.37. The van der Waals surface area contributed by atoms with Crippen LogP contribution >= 0.6 is 0 Å². The van der Waals surface area contributed by atoms with Gasteiger partial charge in [-0.2, -0.15) is 0 Å². The zero-order valence-corrected chi connectivity index (χ0v) is 9.14. The van der Waals surface area contributed by atoms with Crippen LogP contribution in [0.2, 0.25) is 0 Å². The molecule has 0 spiro atoms. The average Bonchev–Trinajstić information content (AvgIpc) is 2.28. The van der Waals surface area contributed by atoms with Crippen LogP contribution in [-0.2, 0) is 4.79 Å². The van der Waals surface area contributed by atoms with E-state index >= 15 is 0 Å². The van der Waals surface area contributed by atoms with Crippen LogP contribution in [0.3, 0.4) is 0 Å². The normalized spacial score (nSPS) is 12.4. The predicted molar refractivity (Wildman–Crippen MR) is 62.4 cm³/mol. The van der Waals surface area contributed by atoms with Crippen molar-refractivity contribution in [3.8, 4) is 0 Å². The number of halogens is 1. The minimum atomic E-state index is -0.955. The molecular formula is C12H11FN2O2. The summed E-state index contributed by atoms with van der Waals surface area (Å²) in [6, 6.07) is 5.79. The lowest BCUT2D eigenvalue weighted by Gasteiger charge is -2.12. The van der Waals surface area contributed by atoms with Gasteiger partial charge >= 0.3 is 5.97 Å². The molecule has 0 saturated carbocycles. The summed E-state index contributed by atoms with van der Waals surface area (Å²) >= 11 is 0. The largest absolute Gasteiger partial charge is 0.480 e. The fourth-order valence-electron chi connectivity index (χ4n) is 1.55. The Balaban J connectivity index is 2.44. The standard InChI is InChI=1S/C12H11FN2O2/c1-7(12(16)17)15-10-4-2-3-8-5-9(13)6-14-11(8)10/h2-7,15H,1H3,(H,16,17). The molecule has 0 radical (unpaired) electrons. The van der Waals surface area contributed by atoms with E-state index in [0.29, 0.717) is 16.6 Å². The van der Waals surface area contributed by atoms with Crippen molar-refractivity contribution in [3.63, 3.8) is 0 Å². The maximum absolute atomic E-state index is 13.0. The first-order valence-corrected chi connectivity index (χ1v) is 5.11. The first-order chi connectivity index (χ1) is 8.08. The highest BCUT2D eigenvalue weighted by molar-refractivity contribution is 5.91. The lowest BCUT2D eigenvalue weighted by atomic mass is 10.1. The molecule has 0 aliphatic rings. The summed E-state index contributed by atoms with van der Waals surface area (Å²) in [4.78, 5) is 14.7. The molecule has 0 aliphatic heterocycles. The zero-order valence-electron chi connectivity index (χ0n) is 9.14. The summed E-state index contributed by atoms with van der Waals surface area (Å²) in [6.07, 6.45) is 1.11. The zero-order chi connectivity index (χ0) is 12.4. The summed E-state index contributed by atoms with van der Waals surface area (Å²) in [6.45, 7) is 1.53. The topological polar surface area (TPSA) is 62.2 Å². The number of para-hydroxylation sites is 1. The molecule has 0 fully saturated rings. The van der Waals surface area contributed by atoms with E-state index in [9.17, 15) is 9.18 Å². The summed E-state index contributed by atoms with van der Waals surface area (Å²) < 4.78 is 13.0. The number of nitrogens with one attached hydrogen (secondary N) is 1. The maximum atomic E-state index is 13.0. The van der Waals surface area contributed by atoms with Gasteiger partial charge in [0.25, 0.3) is 0 Å². The van der Waals surface area contributed by atoms with Crippen molar-refractivity contribution < 1.29 is 14.3 Å². The molecule has 2 aromatic rings. The van der Waals surface area contributed by atoms with E-state index in [0.717, 1.165) is 6.20 Å². The molecule has 1 heterocycles. The summed E-state index contributed by atoms with van der Waals surface area (Å²) in [7, 11) is 0. The fraction of sp³-hybridized carbons (Fsp3) is 0.167. The van der Waals surface area contributed by atoms with Crippen LogP contribution in [-0.4, -0.2) is 22.1 Å². The van der Waals surface area contributed by atoms with Crippen LogP contribution in [0.4, 0.5) is 10.1 Å². The van der Waals surface area contributed by atoms with Crippen LogP contribution in [0, 0.1) is 5.82 Å². The number of aromatic nitrogens is 1. The Hall–Kier alpha value is -2.17. The van der Waals surface area contributed by atoms with E-state index in [4.69, 9.17) is 5.11 Å². The number of carbonyl (C=O) groups is 1. The van der Waals surface area contributed by atoms with E-state index in [2.05, 4.69) is 10.3 Å². The van der Waals surface area contributed by atoms with Gasteiger partial charge in [0.05, 0.1) is 17.4 Å². The molecule has 17 heavy (non-hydrogen) atoms. The minimum absolute atomic E-state index is 0.416. The molecule has 1 atom stereocenters. The first-order valence-electron chi connectivity index (χ1n) is 5.11. The van der Waals surface area contributed by atoms with Gasteiger partial charge < -0.3 is 10.4 Å². The Bertz CT molecular complexity index is 571. The monoisotopic (exact) mass is 234 g/mol. The van der Waals surface area contributed by atoms with Crippen molar-refractivity contribution in [1.29, 1.82) is 0 Å². The van der Waals surface area contributed by atoms with E-state index in [1.807, 2.05) is 0 Å². The van der Waals surface area contributed by atoms with Gasteiger partial charge in [-0.05, 0) is 19.1 Å². The molecule has 1 aromatic carbocycles. The van der Waals surface area contributed by atoms with Crippen LogP contribution in [0.1, 0.15) is 6.92 Å². The van der Waals surface area contributed by atoms with Crippen LogP contribution in [0.5, 0.6) is 0 Å². The second-order valence-electron chi connectivity index (χ2n) is 3.74. The number of rotatable bonds is 3. The third kappa shape index (κ3) is 2.33. The smallest absolute Gasteiger partial charge is 0.325 e. The molecule has 2 rings (SSSR count). The number of pyridine rings is 1. The van der Waals surface area contributed by atoms with Crippen LogP contribution in [0.25, 0.3) is 10.9 Å². The van der Waals surface area contributed by atoms with Crippen molar-refractivity contribution in [1.82, 2.24) is 4.98 Å². The minimum Gasteiger partial charge on any atom is -0.480 e. The van der Waals surface area contributed by atoms with E-state index in [1.165, 1.54) is 13.0 Å². The van der Waals surface area contributed by atoms with Crippen molar-refractivity contribution in [2.24, 2.45) is 0 Å². The van der Waals surface area contributed by atoms with Crippen LogP contribution in [0.15, 0.2) is 30.5 Å². The van der Waals surface area contributed by atoms with Gasteiger partial charge in [0, 0.05) is 5.39 Å². The predicted octanol–water partition coefficient (Wildman–Crippen LogP) is 2.26. The highest BCUT2D eigenvalue weighted by atomic mass is 19.1. The first kappa shape index (κ1) is 11.3. The van der Waals surface area contributed by atoms with Gasteiger partial charge in [0.1, 0.15) is 11.9 Å². The molecule has 88 valence electrons. The van der Waals surface area contributed by atoms with E-state index in [-0.39, 0.29) is 0 Å². The van der Waals surface area contributed by atoms with E-state index < -0.39 is 17.8 Å². The second-order valence-corrected chi connectivity index (χ2v) is 3.74. The van der Waals surface area contributed by atoms with Crippen LogP contribution < -0.4 is 5.32 Å². The van der Waals surface area contributed by atoms with Crippen molar-refractivity contribution >= 4 is 22.6 Å². The molecule has 0 bridgehead atoms. The Kier molecular flexibility index (Phi) is 2.91. The number of carboxylic acid groups (broad SMARTS) is 1. The lowest BCUT2D eigenvalue weighted by Crippen LogP contribution is -2.25. The highest BCUT2D eigenvalue weighted by Gasteiger charge is 2.12. The SMILES string of the molecule is CC(Nc1cccc2cc(F)cnc12)C(=O)O. The molecule has 0 aliphatic carbocycles. The summed E-state index contributed by atoms with van der Waals surface area (Å²) in [5.41, 5.74) is 1.14. The van der Waals surface area contributed by atoms with E-state index in [1.54, 1.807) is 18.2 Å². The number of carboxylic acids is 1. The molecule has 4 nitrogen and oxygen atoms in total. The molecule has 1 unspecified atom stereocenters. The van der Waals surface area contributed by atoms with Crippen molar-refractivity contribution in [2.75, 3.05) is 5.32 Å². The molecule has 5 heteroatoms. The molecule has 2 N–H and O–H groups in total. The Morgan fingerprint density at radius 1 is 1.53 bits per heavy atom. The van der Waals surface area contributed by atoms with Gasteiger partial charge in [-0.1, -0.05) is 12.1 Å². The van der Waals surface area contributed by atoms with Gasteiger partial charge in [-0.25, -0.2) is 4.39 Å². The number of anilines is 1. The number of benzene rings is 1. The van der Waals surface area contributed by atoms with Crippen molar-refractivity contribution in [2.45, 2.75) is 13.0 Å². The molecular weight excluding hydrogens is 223 g/mol. The van der Waals surface area contributed by atoms with Gasteiger partial charge in [-0.15, -0.1) is 0 Å². The number of nitrogens with zero attached hydrogens (tertiary/aromatic N) is 1. The molecule has 0 amide bonds. The lowest BCUT2D eigenvalue weighted by molar-refractivity contribution is -0.137. The summed E-state index contributed by atoms with van der Waals surface area (Å²) in [5, 5.41) is 12.3. The number of hydrogen-bond donors (Lipinski definition) is 2. The van der Waals surface area contributed by atoms with Gasteiger partial charge in [0.15, 0.2) is 0 Å². The van der Waals surface area contributed by atoms with Crippen molar-refractivity contribution in [3.05, 3.63) is 36.3 Å². The second kappa shape index (κ2) is 4.37. The average molecular weight is 234 g/mol. The Morgan fingerprint density at radius 2 is 2.29 bits per heavy atom. The number of aliphatic carboxylic acids is 1. The number of fused-ring (bicyclic) bond motifs is 1. The quantitative estimate of drug-likeness (QED) is 0.855. The third-order valence-corrected chi connectivity index (χ3v) is 2.42. The molecule has 0 saturated heterocycles. The Labute approximate surface area is 97.1 Å². The number of hydrogen-bond acceptors (Lipinski definition) is 3. The maximum Gasteiger partial charge on any atom is 0.325 e. The third-order valence-electron chi connectivity index (χ3n) is 2.42. The van der Waals surface area contributed by atoms with Gasteiger partial charge in [-0.3, -0.25) is 9.78 Å².